The van der Waals surface area contributed by atoms with E-state index in [1.54, 1.807) is 0 Å². The highest BCUT2D eigenvalue weighted by atomic mass is 19.1. The van der Waals surface area contributed by atoms with Crippen LogP contribution in [-0.2, 0) is 16.1 Å². The molecule has 0 bridgehead atoms. The number of aliphatic hydroxyl groups excluding tert-OH is 1. The number of benzene rings is 2. The van der Waals surface area contributed by atoms with E-state index in [9.17, 15) is 19.1 Å². The van der Waals surface area contributed by atoms with Crippen LogP contribution in [0, 0.1) is 11.7 Å². The average Bonchev–Trinajstić information content (AvgIpc) is 3.15. The second-order valence-electron chi connectivity index (χ2n) is 7.78. The molecule has 7 nitrogen and oxygen atoms in total. The van der Waals surface area contributed by atoms with Gasteiger partial charge in [-0.15, -0.1) is 0 Å². The van der Waals surface area contributed by atoms with Gasteiger partial charge in [0.1, 0.15) is 5.82 Å². The largest absolute Gasteiger partial charge is 0.469 e. The number of aromatic nitrogens is 2. The summed E-state index contributed by atoms with van der Waals surface area (Å²) >= 11 is 0. The van der Waals surface area contributed by atoms with Gasteiger partial charge < -0.3 is 19.4 Å². The Balaban J connectivity index is 1.76. The van der Waals surface area contributed by atoms with Crippen molar-refractivity contribution in [3.05, 3.63) is 65.0 Å². The molecule has 0 radical (unpaired) electrons. The van der Waals surface area contributed by atoms with Crippen molar-refractivity contribution in [2.45, 2.75) is 38.3 Å². The van der Waals surface area contributed by atoms with E-state index in [2.05, 4.69) is 9.98 Å². The van der Waals surface area contributed by atoms with E-state index >= 15 is 0 Å². The Hall–Kier alpha value is -3.26. The molecular weight excluding hydrogens is 401 g/mol. The van der Waals surface area contributed by atoms with Gasteiger partial charge in [-0.05, 0) is 67.6 Å². The first-order valence-electron chi connectivity index (χ1n) is 10.3. The van der Waals surface area contributed by atoms with Crippen LogP contribution in [0.4, 0.5) is 4.39 Å². The fourth-order valence-electron chi connectivity index (χ4n) is 4.22. The Labute approximate surface area is 178 Å². The number of amides is 1. The molecule has 4 rings (SSSR count). The number of nitrogens with zero attached hydrogens (tertiary/aromatic N) is 2. The minimum Gasteiger partial charge on any atom is -0.469 e. The fraction of sp³-hybridized carbons (Fsp3) is 0.348. The number of carbonyl (C=O) groups is 2. The van der Waals surface area contributed by atoms with Gasteiger partial charge in [0.25, 0.3) is 5.91 Å². The summed E-state index contributed by atoms with van der Waals surface area (Å²) in [4.78, 5) is 32.1. The third kappa shape index (κ3) is 4.29. The number of ether oxygens (including phenoxy) is 1. The Morgan fingerprint density at radius 1 is 1.16 bits per heavy atom. The number of hydrogen-bond acceptors (Lipinski definition) is 4. The number of esters is 1. The predicted molar refractivity (Wildman–Crippen MR) is 112 cm³/mol. The number of methoxy groups -OCH3 is 1. The summed E-state index contributed by atoms with van der Waals surface area (Å²) in [6.07, 6.45) is 2.83. The number of rotatable bonds is 4. The fourth-order valence-corrected chi connectivity index (χ4v) is 4.22. The molecule has 1 aromatic heterocycles. The highest BCUT2D eigenvalue weighted by Crippen LogP contribution is 2.33. The van der Waals surface area contributed by atoms with Crippen molar-refractivity contribution in [3.63, 3.8) is 0 Å². The monoisotopic (exact) mass is 425 g/mol. The highest BCUT2D eigenvalue weighted by Gasteiger charge is 2.29. The first-order valence-corrected chi connectivity index (χ1v) is 10.3. The summed E-state index contributed by atoms with van der Waals surface area (Å²) in [7, 11) is 1.40. The number of hydrogen-bond donors (Lipinski definition) is 2. The Morgan fingerprint density at radius 3 is 2.52 bits per heavy atom. The normalized spacial score (nSPS) is 19.5. The average molecular weight is 425 g/mol. The summed E-state index contributed by atoms with van der Waals surface area (Å²) in [5.41, 5.74) is 3.05. The summed E-state index contributed by atoms with van der Waals surface area (Å²) < 4.78 is 20.1. The SMILES string of the molecule is COC(=O)C1CCC(n2/c(=N/C(=O)c3ccc(F)cc3)[nH]c3ccc(CO)cc32)CC1. The lowest BCUT2D eigenvalue weighted by Gasteiger charge is -2.28. The first kappa shape index (κ1) is 21.0. The van der Waals surface area contributed by atoms with E-state index in [1.165, 1.54) is 31.4 Å². The van der Waals surface area contributed by atoms with Crippen molar-refractivity contribution in [1.29, 1.82) is 0 Å². The van der Waals surface area contributed by atoms with E-state index in [-0.39, 0.29) is 30.1 Å². The molecule has 2 aromatic carbocycles. The molecule has 2 N–H and O–H groups in total. The minimum atomic E-state index is -0.481. The number of halogens is 1. The van der Waals surface area contributed by atoms with Crippen LogP contribution < -0.4 is 5.62 Å². The minimum absolute atomic E-state index is 0.0309. The van der Waals surface area contributed by atoms with Crippen molar-refractivity contribution >= 4 is 22.9 Å². The molecule has 0 saturated heterocycles. The number of carbonyl (C=O) groups excluding carboxylic acids is 2. The van der Waals surface area contributed by atoms with Gasteiger partial charge in [0, 0.05) is 11.6 Å². The van der Waals surface area contributed by atoms with E-state index in [0.717, 1.165) is 29.4 Å². The van der Waals surface area contributed by atoms with Gasteiger partial charge in [0.15, 0.2) is 0 Å². The Bertz CT molecular complexity index is 1170. The van der Waals surface area contributed by atoms with Crippen LogP contribution in [-0.4, -0.2) is 33.6 Å². The summed E-state index contributed by atoms with van der Waals surface area (Å²) in [6, 6.07) is 10.8. The van der Waals surface area contributed by atoms with Crippen LogP contribution in [0.1, 0.15) is 47.6 Å². The topological polar surface area (TPSA) is 96.7 Å². The number of nitrogens with one attached hydrogen (secondary N) is 1. The summed E-state index contributed by atoms with van der Waals surface area (Å²) in [5.74, 6) is -1.22. The third-order valence-electron chi connectivity index (χ3n) is 5.87. The van der Waals surface area contributed by atoms with E-state index in [1.807, 2.05) is 22.8 Å². The zero-order valence-corrected chi connectivity index (χ0v) is 17.2. The van der Waals surface area contributed by atoms with Crippen LogP contribution in [0.15, 0.2) is 47.5 Å². The van der Waals surface area contributed by atoms with Crippen LogP contribution >= 0.6 is 0 Å². The van der Waals surface area contributed by atoms with E-state index < -0.39 is 11.7 Å². The molecular formula is C23H24FN3O4. The molecule has 0 unspecified atom stereocenters. The number of H-pyrrole nitrogens is 1. The standard InChI is InChI=1S/C23H24FN3O4/c1-31-22(30)16-5-9-18(10-6-16)27-20-12-14(13-28)2-11-19(20)25-23(27)26-21(29)15-3-7-17(24)8-4-15/h2-4,7-8,11-12,16,18,28H,5-6,9-10,13H2,1H3,(H,25,26,29). The van der Waals surface area contributed by atoms with Crippen LogP contribution in [0.3, 0.4) is 0 Å². The van der Waals surface area contributed by atoms with Gasteiger partial charge in [-0.25, -0.2) is 4.39 Å². The molecule has 0 aliphatic heterocycles. The molecule has 1 heterocycles. The maximum atomic E-state index is 13.2. The second-order valence-corrected chi connectivity index (χ2v) is 7.78. The molecule has 1 aliphatic carbocycles. The predicted octanol–water partition coefficient (Wildman–Crippen LogP) is 3.25. The van der Waals surface area contributed by atoms with E-state index in [4.69, 9.17) is 4.74 Å². The van der Waals surface area contributed by atoms with Crippen molar-refractivity contribution in [1.82, 2.24) is 9.55 Å². The smallest absolute Gasteiger partial charge is 0.308 e. The van der Waals surface area contributed by atoms with Crippen LogP contribution in [0.2, 0.25) is 0 Å². The van der Waals surface area contributed by atoms with E-state index in [0.29, 0.717) is 18.5 Å². The summed E-state index contributed by atoms with van der Waals surface area (Å²) in [6.45, 7) is -0.100. The molecule has 0 spiro atoms. The lowest BCUT2D eigenvalue weighted by atomic mass is 9.86. The van der Waals surface area contributed by atoms with Crippen LogP contribution in [0.25, 0.3) is 11.0 Å². The molecule has 0 atom stereocenters. The summed E-state index contributed by atoms with van der Waals surface area (Å²) in [5, 5.41) is 9.57. The lowest BCUT2D eigenvalue weighted by molar-refractivity contribution is -0.146. The number of aromatic amines is 1. The third-order valence-corrected chi connectivity index (χ3v) is 5.87. The van der Waals surface area contributed by atoms with Gasteiger partial charge in [-0.1, -0.05) is 6.07 Å². The molecule has 31 heavy (non-hydrogen) atoms. The van der Waals surface area contributed by atoms with Gasteiger partial charge in [0.2, 0.25) is 5.62 Å². The van der Waals surface area contributed by atoms with Gasteiger partial charge >= 0.3 is 5.97 Å². The molecule has 1 saturated carbocycles. The molecule has 1 aliphatic rings. The molecule has 162 valence electrons. The molecule has 3 aromatic rings. The van der Waals surface area contributed by atoms with Crippen LogP contribution in [0.5, 0.6) is 0 Å². The van der Waals surface area contributed by atoms with Gasteiger partial charge in [-0.3, -0.25) is 9.59 Å². The number of fused-ring (bicyclic) bond motifs is 1. The molecule has 1 amide bonds. The number of imidazole rings is 1. The molecule has 8 heteroatoms. The zero-order valence-electron chi connectivity index (χ0n) is 17.2. The van der Waals surface area contributed by atoms with Crippen molar-refractivity contribution in [3.8, 4) is 0 Å². The van der Waals surface area contributed by atoms with Gasteiger partial charge in [0.05, 0.1) is 30.7 Å². The first-order chi connectivity index (χ1) is 15.0. The molecule has 1 fully saturated rings. The Morgan fingerprint density at radius 2 is 1.87 bits per heavy atom. The highest BCUT2D eigenvalue weighted by molar-refractivity contribution is 5.94. The van der Waals surface area contributed by atoms with Gasteiger partial charge in [-0.2, -0.15) is 4.99 Å². The van der Waals surface area contributed by atoms with Crippen molar-refractivity contribution in [2.24, 2.45) is 10.9 Å². The van der Waals surface area contributed by atoms with Crippen molar-refractivity contribution < 1.29 is 23.8 Å². The van der Waals surface area contributed by atoms with Crippen molar-refractivity contribution in [2.75, 3.05) is 7.11 Å². The zero-order chi connectivity index (χ0) is 22.0. The number of aliphatic hydroxyl groups is 1. The quantitative estimate of drug-likeness (QED) is 0.627. The lowest BCUT2D eigenvalue weighted by Crippen LogP contribution is -2.30. The maximum absolute atomic E-state index is 13.2. The second kappa shape index (κ2) is 8.85. The maximum Gasteiger partial charge on any atom is 0.308 e. The Kier molecular flexibility index (Phi) is 5.99.